The summed E-state index contributed by atoms with van der Waals surface area (Å²) < 4.78 is 5.51. The van der Waals surface area contributed by atoms with Crippen molar-refractivity contribution in [2.24, 2.45) is 0 Å². The maximum atomic E-state index is 12.6. The highest BCUT2D eigenvalue weighted by atomic mass is 16.5. The molecule has 0 rings (SSSR count). The third-order valence-corrected chi connectivity index (χ3v) is 19.9. The van der Waals surface area contributed by atoms with E-state index in [1.54, 1.807) is 0 Å². The van der Waals surface area contributed by atoms with Crippen LogP contribution in [0.25, 0.3) is 0 Å². The fourth-order valence-corrected chi connectivity index (χ4v) is 13.6. The van der Waals surface area contributed by atoms with E-state index in [2.05, 4.69) is 19.2 Å². The molecule has 0 bridgehead atoms. The lowest BCUT2D eigenvalue weighted by Crippen LogP contribution is -2.45. The number of hydrogen-bond donors (Lipinski definition) is 3. The van der Waals surface area contributed by atoms with E-state index in [1.807, 2.05) is 0 Å². The summed E-state index contributed by atoms with van der Waals surface area (Å²) in [6, 6.07) is -0.539. The van der Waals surface area contributed by atoms with Gasteiger partial charge >= 0.3 is 5.97 Å². The van der Waals surface area contributed by atoms with Crippen LogP contribution in [0, 0.1) is 0 Å². The van der Waals surface area contributed by atoms with Gasteiger partial charge in [-0.05, 0) is 25.7 Å². The van der Waals surface area contributed by atoms with Crippen LogP contribution in [0.15, 0.2) is 0 Å². The first-order valence-electron chi connectivity index (χ1n) is 41.3. The van der Waals surface area contributed by atoms with Gasteiger partial charge in [0.25, 0.3) is 0 Å². The molecule has 1 amide bonds. The van der Waals surface area contributed by atoms with Crippen LogP contribution in [0.1, 0.15) is 489 Å². The quantitative estimate of drug-likeness (QED) is 0.0417. The molecule has 2 unspecified atom stereocenters. The van der Waals surface area contributed by atoms with Crippen molar-refractivity contribution in [2.75, 3.05) is 13.2 Å². The minimum atomic E-state index is -0.662. The van der Waals surface area contributed by atoms with Gasteiger partial charge in [0, 0.05) is 12.8 Å². The van der Waals surface area contributed by atoms with Crippen molar-refractivity contribution < 1.29 is 24.5 Å². The van der Waals surface area contributed by atoms with Crippen LogP contribution in [-0.2, 0) is 14.3 Å². The fourth-order valence-electron chi connectivity index (χ4n) is 13.6. The van der Waals surface area contributed by atoms with Gasteiger partial charge in [-0.2, -0.15) is 0 Å². The summed E-state index contributed by atoms with van der Waals surface area (Å²) in [6.45, 7) is 5.03. The summed E-state index contributed by atoms with van der Waals surface area (Å²) in [6.07, 6.45) is 97.8. The number of esters is 1. The second-order valence-corrected chi connectivity index (χ2v) is 28.8. The number of hydrogen-bond acceptors (Lipinski definition) is 5. The zero-order valence-corrected chi connectivity index (χ0v) is 60.5. The first kappa shape index (κ1) is 86.9. The lowest BCUT2D eigenvalue weighted by atomic mass is 10.0. The van der Waals surface area contributed by atoms with Crippen molar-refractivity contribution in [1.29, 1.82) is 0 Å². The van der Waals surface area contributed by atoms with Gasteiger partial charge in [-0.25, -0.2) is 0 Å². The average Bonchev–Trinajstić information content (AvgIpc) is 3.58. The summed E-state index contributed by atoms with van der Waals surface area (Å²) >= 11 is 0. The number of carbonyl (C=O) groups excluding carboxylic acids is 2. The Hall–Kier alpha value is -1.14. The smallest absolute Gasteiger partial charge is 0.305 e. The number of rotatable bonds is 79. The Kier molecular flexibility index (Phi) is 77.3. The molecule has 0 radical (unpaired) electrons. The highest BCUT2D eigenvalue weighted by Crippen LogP contribution is 2.21. The monoisotopic (exact) mass is 1240 g/mol. The summed E-state index contributed by atoms with van der Waals surface area (Å²) in [7, 11) is 0. The van der Waals surface area contributed by atoms with Crippen LogP contribution < -0.4 is 5.32 Å². The molecule has 0 saturated heterocycles. The van der Waals surface area contributed by atoms with Gasteiger partial charge in [-0.15, -0.1) is 0 Å². The van der Waals surface area contributed by atoms with Crippen LogP contribution >= 0.6 is 0 Å². The maximum Gasteiger partial charge on any atom is 0.305 e. The third kappa shape index (κ3) is 73.9. The largest absolute Gasteiger partial charge is 0.466 e. The van der Waals surface area contributed by atoms with Crippen LogP contribution in [0.4, 0.5) is 0 Å². The van der Waals surface area contributed by atoms with E-state index >= 15 is 0 Å². The summed E-state index contributed by atoms with van der Waals surface area (Å²) in [5.74, 6) is 0.00126. The van der Waals surface area contributed by atoms with E-state index in [4.69, 9.17) is 4.74 Å². The zero-order chi connectivity index (χ0) is 63.5. The Bertz CT molecular complexity index is 1290. The van der Waals surface area contributed by atoms with Gasteiger partial charge in [-0.3, -0.25) is 9.59 Å². The molecule has 0 aliphatic heterocycles. The Morgan fingerprint density at radius 2 is 0.466 bits per heavy atom. The molecule has 0 aromatic carbocycles. The Labute approximate surface area is 553 Å². The van der Waals surface area contributed by atoms with Gasteiger partial charge in [0.15, 0.2) is 0 Å². The second-order valence-electron chi connectivity index (χ2n) is 28.8. The number of carbonyl (C=O) groups is 2. The van der Waals surface area contributed by atoms with Crippen molar-refractivity contribution in [3.05, 3.63) is 0 Å². The molecule has 6 heteroatoms. The highest BCUT2D eigenvalue weighted by molar-refractivity contribution is 5.76. The van der Waals surface area contributed by atoms with Crippen molar-refractivity contribution in [3.8, 4) is 0 Å². The van der Waals surface area contributed by atoms with Crippen LogP contribution in [0.5, 0.6) is 0 Å². The number of nitrogens with one attached hydrogen (secondary N) is 1. The van der Waals surface area contributed by atoms with Crippen molar-refractivity contribution in [3.63, 3.8) is 0 Å². The second kappa shape index (κ2) is 78.3. The number of aliphatic hydroxyl groups is 2. The van der Waals surface area contributed by atoms with Crippen LogP contribution in [0.3, 0.4) is 0 Å². The maximum absolute atomic E-state index is 12.6. The van der Waals surface area contributed by atoms with Crippen molar-refractivity contribution >= 4 is 11.9 Å². The van der Waals surface area contributed by atoms with Crippen molar-refractivity contribution in [2.45, 2.75) is 501 Å². The highest BCUT2D eigenvalue weighted by Gasteiger charge is 2.20. The normalized spacial score (nSPS) is 12.4. The van der Waals surface area contributed by atoms with Gasteiger partial charge in [0.2, 0.25) is 5.91 Å². The van der Waals surface area contributed by atoms with Gasteiger partial charge < -0.3 is 20.3 Å². The molecule has 0 aliphatic carbocycles. The zero-order valence-electron chi connectivity index (χ0n) is 60.5. The molecule has 6 nitrogen and oxygen atoms in total. The molecule has 88 heavy (non-hydrogen) atoms. The number of ether oxygens (including phenoxy) is 1. The molecule has 0 heterocycles. The molecule has 3 N–H and O–H groups in total. The molecule has 526 valence electrons. The first-order chi connectivity index (χ1) is 43.5. The number of amides is 1. The van der Waals surface area contributed by atoms with E-state index in [-0.39, 0.29) is 18.5 Å². The van der Waals surface area contributed by atoms with Crippen molar-refractivity contribution in [1.82, 2.24) is 5.32 Å². The third-order valence-electron chi connectivity index (χ3n) is 19.9. The average molecular weight is 1240 g/mol. The Morgan fingerprint density at radius 1 is 0.273 bits per heavy atom. The summed E-state index contributed by atoms with van der Waals surface area (Å²) in [4.78, 5) is 24.7. The Balaban J connectivity index is 3.32. The molecule has 0 fully saturated rings. The molecular weight excluding hydrogens is 1080 g/mol. The van der Waals surface area contributed by atoms with E-state index in [0.717, 1.165) is 38.5 Å². The Morgan fingerprint density at radius 3 is 0.693 bits per heavy atom. The van der Waals surface area contributed by atoms with Gasteiger partial charge in [0.05, 0.1) is 25.4 Å². The van der Waals surface area contributed by atoms with E-state index < -0.39 is 12.1 Å². The number of unbranched alkanes of at least 4 members (excludes halogenated alkanes) is 68. The standard InChI is InChI=1S/C82H163NO5/c1-3-5-7-9-11-13-15-17-19-21-22-23-24-31-34-37-40-43-46-50-54-58-62-66-70-74-80(85)79(78-84)83-81(86)75-71-67-63-59-55-51-47-44-41-38-35-32-29-27-25-26-28-30-33-36-39-42-45-49-53-57-61-65-69-73-77-88-82(87)76-72-68-64-60-56-52-48-20-18-16-14-12-10-8-6-4-2/h79-80,84-85H,3-78H2,1-2H3,(H,83,86). The predicted octanol–water partition coefficient (Wildman–Crippen LogP) is 27.3. The SMILES string of the molecule is CCCCCCCCCCCCCCCCCCCCCCCCCCCC(O)C(CO)NC(=O)CCCCCCCCCCCCCCCCCCCCCCCCCCCCCCCCOC(=O)CCCCCCCCCCCCCCCCCC. The number of aliphatic hydroxyl groups excluding tert-OH is 2. The van der Waals surface area contributed by atoms with E-state index in [0.29, 0.717) is 25.9 Å². The lowest BCUT2D eigenvalue weighted by Gasteiger charge is -2.22. The summed E-state index contributed by atoms with van der Waals surface area (Å²) in [5.41, 5.74) is 0. The molecular formula is C82H163NO5. The summed E-state index contributed by atoms with van der Waals surface area (Å²) in [5, 5.41) is 23.5. The molecule has 0 spiro atoms. The molecule has 0 aromatic rings. The van der Waals surface area contributed by atoms with E-state index in [9.17, 15) is 19.8 Å². The van der Waals surface area contributed by atoms with E-state index in [1.165, 1.54) is 417 Å². The molecule has 2 atom stereocenters. The minimum Gasteiger partial charge on any atom is -0.466 e. The van der Waals surface area contributed by atoms with Gasteiger partial charge in [-0.1, -0.05) is 450 Å². The lowest BCUT2D eigenvalue weighted by molar-refractivity contribution is -0.143. The van der Waals surface area contributed by atoms with Crippen LogP contribution in [-0.4, -0.2) is 47.4 Å². The minimum absolute atomic E-state index is 0.0241. The molecule has 0 aliphatic rings. The topological polar surface area (TPSA) is 95.9 Å². The molecule has 0 saturated carbocycles. The molecule has 0 aromatic heterocycles. The predicted molar refractivity (Wildman–Crippen MR) is 389 cm³/mol. The fraction of sp³-hybridized carbons (Fsp3) is 0.976. The first-order valence-corrected chi connectivity index (χ1v) is 41.3. The van der Waals surface area contributed by atoms with Gasteiger partial charge in [0.1, 0.15) is 0 Å². The van der Waals surface area contributed by atoms with Crippen LogP contribution in [0.2, 0.25) is 0 Å².